The van der Waals surface area contributed by atoms with Crippen LogP contribution in [0.15, 0.2) is 30.5 Å². The summed E-state index contributed by atoms with van der Waals surface area (Å²) in [6, 6.07) is 7.53. The van der Waals surface area contributed by atoms with Gasteiger partial charge >= 0.3 is 0 Å². The number of aromatic nitrogens is 5. The van der Waals surface area contributed by atoms with Gasteiger partial charge in [-0.15, -0.1) is 5.10 Å². The average molecular weight is 411 g/mol. The van der Waals surface area contributed by atoms with Gasteiger partial charge in [0.05, 0.1) is 12.7 Å². The van der Waals surface area contributed by atoms with Gasteiger partial charge in [0.15, 0.2) is 5.69 Å². The van der Waals surface area contributed by atoms with Gasteiger partial charge in [0, 0.05) is 29.4 Å². The van der Waals surface area contributed by atoms with Gasteiger partial charge in [-0.2, -0.15) is 0 Å². The van der Waals surface area contributed by atoms with Crippen LogP contribution in [0.5, 0.6) is 0 Å². The van der Waals surface area contributed by atoms with Crippen molar-refractivity contribution in [2.24, 2.45) is 0 Å². The number of nitrogens with zero attached hydrogens (tertiary/aromatic N) is 5. The first kappa shape index (κ1) is 19.5. The van der Waals surface area contributed by atoms with Crippen molar-refractivity contribution in [3.8, 4) is 0 Å². The quantitative estimate of drug-likeness (QED) is 0.675. The number of amides is 1. The molecule has 8 heteroatoms. The van der Waals surface area contributed by atoms with Crippen molar-refractivity contribution < 1.29 is 4.79 Å². The Morgan fingerprint density at radius 3 is 2.90 bits per heavy atom. The summed E-state index contributed by atoms with van der Waals surface area (Å²) in [5.74, 6) is 0.524. The van der Waals surface area contributed by atoms with Gasteiger partial charge < -0.3 is 5.32 Å². The summed E-state index contributed by atoms with van der Waals surface area (Å²) in [6.45, 7) is 2.96. The lowest BCUT2D eigenvalue weighted by molar-refractivity contribution is 0.0949. The molecule has 0 unspecified atom stereocenters. The summed E-state index contributed by atoms with van der Waals surface area (Å²) >= 11 is 6.17. The number of fused-ring (bicyclic) bond motifs is 1. The van der Waals surface area contributed by atoms with E-state index in [9.17, 15) is 4.79 Å². The summed E-state index contributed by atoms with van der Waals surface area (Å²) in [5, 5.41) is 11.5. The first-order valence-electron chi connectivity index (χ1n) is 9.87. The number of hydrogen-bond donors (Lipinski definition) is 1. The molecule has 4 rings (SSSR count). The zero-order chi connectivity index (χ0) is 20.2. The molecular formula is C21H23ClN6O. The molecule has 3 aromatic rings. The fourth-order valence-corrected chi connectivity index (χ4v) is 3.81. The molecule has 2 aromatic heterocycles. The molecule has 2 heterocycles. The largest absolute Gasteiger partial charge is 0.350 e. The zero-order valence-electron chi connectivity index (χ0n) is 16.4. The predicted molar refractivity (Wildman–Crippen MR) is 110 cm³/mol. The van der Waals surface area contributed by atoms with Crippen LogP contribution in [-0.2, 0) is 25.8 Å². The molecular weight excluding hydrogens is 388 g/mol. The number of carbonyl (C=O) groups excluding carboxylic acids is 1. The van der Waals surface area contributed by atoms with Crippen LogP contribution in [0.3, 0.4) is 0 Å². The molecule has 1 N–H and O–H groups in total. The van der Waals surface area contributed by atoms with Crippen LogP contribution in [0.4, 0.5) is 0 Å². The maximum atomic E-state index is 12.4. The van der Waals surface area contributed by atoms with E-state index in [-0.39, 0.29) is 11.6 Å². The molecule has 1 amide bonds. The molecule has 0 saturated heterocycles. The highest BCUT2D eigenvalue weighted by atomic mass is 35.5. The molecule has 0 bridgehead atoms. The number of rotatable bonds is 6. The second-order valence-electron chi connectivity index (χ2n) is 7.26. The summed E-state index contributed by atoms with van der Waals surface area (Å²) in [6.07, 6.45) is 6.70. The maximum Gasteiger partial charge on any atom is 0.273 e. The van der Waals surface area contributed by atoms with Crippen molar-refractivity contribution in [2.45, 2.75) is 45.6 Å². The van der Waals surface area contributed by atoms with Crippen LogP contribution in [0.1, 0.15) is 51.7 Å². The fourth-order valence-electron chi connectivity index (χ4n) is 3.62. The van der Waals surface area contributed by atoms with E-state index in [1.54, 1.807) is 10.9 Å². The highest BCUT2D eigenvalue weighted by Crippen LogP contribution is 2.21. The smallest absolute Gasteiger partial charge is 0.273 e. The minimum absolute atomic E-state index is 0.259. The van der Waals surface area contributed by atoms with E-state index < -0.39 is 0 Å². The van der Waals surface area contributed by atoms with E-state index in [4.69, 9.17) is 16.6 Å². The molecule has 7 nitrogen and oxygen atoms in total. The standard InChI is InChI=1S/C21H23ClN6O/c1-14-16-7-3-5-9-18(16)25-20(24-14)10-11-23-21(29)19-13-28(27-26-19)12-15-6-2-4-8-17(15)22/h2,4,6,8,13H,3,5,7,9-12H2,1H3,(H,23,29). The molecule has 1 aliphatic rings. The number of hydrogen-bond acceptors (Lipinski definition) is 5. The van der Waals surface area contributed by atoms with Crippen LogP contribution in [0.2, 0.25) is 5.02 Å². The van der Waals surface area contributed by atoms with Gasteiger partial charge in [0.1, 0.15) is 5.82 Å². The molecule has 0 atom stereocenters. The Bertz CT molecular complexity index is 1030. The molecule has 0 aliphatic heterocycles. The number of nitrogens with one attached hydrogen (secondary N) is 1. The van der Waals surface area contributed by atoms with Crippen molar-refractivity contribution >= 4 is 17.5 Å². The molecule has 29 heavy (non-hydrogen) atoms. The van der Waals surface area contributed by atoms with E-state index in [0.717, 1.165) is 29.9 Å². The van der Waals surface area contributed by atoms with Crippen LogP contribution in [-0.4, -0.2) is 37.4 Å². The SMILES string of the molecule is Cc1nc(CCNC(=O)c2cn(Cc3ccccc3Cl)nn2)nc2c1CCCC2. The van der Waals surface area contributed by atoms with E-state index in [2.05, 4.69) is 20.6 Å². The van der Waals surface area contributed by atoms with Crippen LogP contribution >= 0.6 is 11.6 Å². The first-order valence-corrected chi connectivity index (χ1v) is 10.2. The number of aryl methyl sites for hydroxylation is 2. The second kappa shape index (κ2) is 8.69. The highest BCUT2D eigenvalue weighted by molar-refractivity contribution is 6.31. The lowest BCUT2D eigenvalue weighted by Crippen LogP contribution is -2.27. The Kier molecular flexibility index (Phi) is 5.85. The van der Waals surface area contributed by atoms with E-state index in [1.165, 1.54) is 24.1 Å². The molecule has 0 spiro atoms. The Hall–Kier alpha value is -2.80. The van der Waals surface area contributed by atoms with E-state index >= 15 is 0 Å². The highest BCUT2D eigenvalue weighted by Gasteiger charge is 2.16. The fraction of sp³-hybridized carbons (Fsp3) is 0.381. The average Bonchev–Trinajstić information content (AvgIpc) is 3.18. The number of benzene rings is 1. The number of halogens is 1. The Labute approximate surface area is 174 Å². The van der Waals surface area contributed by atoms with Crippen LogP contribution in [0, 0.1) is 6.92 Å². The zero-order valence-corrected chi connectivity index (χ0v) is 17.1. The molecule has 150 valence electrons. The third kappa shape index (κ3) is 4.62. The molecule has 0 saturated carbocycles. The predicted octanol–water partition coefficient (Wildman–Crippen LogP) is 2.93. The maximum absolute atomic E-state index is 12.4. The van der Waals surface area contributed by atoms with Gasteiger partial charge in [-0.05, 0) is 49.8 Å². The third-order valence-electron chi connectivity index (χ3n) is 5.13. The van der Waals surface area contributed by atoms with E-state index in [0.29, 0.717) is 24.5 Å². The third-order valence-corrected chi connectivity index (χ3v) is 5.50. The summed E-state index contributed by atoms with van der Waals surface area (Å²) < 4.78 is 1.60. The van der Waals surface area contributed by atoms with Crippen LogP contribution in [0.25, 0.3) is 0 Å². The summed E-state index contributed by atoms with van der Waals surface area (Å²) in [7, 11) is 0. The lowest BCUT2D eigenvalue weighted by Gasteiger charge is -2.17. The van der Waals surface area contributed by atoms with Gasteiger partial charge in [-0.25, -0.2) is 14.6 Å². The monoisotopic (exact) mass is 410 g/mol. The van der Waals surface area contributed by atoms with Crippen LogP contribution < -0.4 is 5.32 Å². The Morgan fingerprint density at radius 1 is 1.21 bits per heavy atom. The second-order valence-corrected chi connectivity index (χ2v) is 7.66. The Morgan fingerprint density at radius 2 is 2.03 bits per heavy atom. The van der Waals surface area contributed by atoms with Gasteiger partial charge in [-0.1, -0.05) is 35.0 Å². The van der Waals surface area contributed by atoms with Crippen molar-refractivity contribution in [1.82, 2.24) is 30.3 Å². The molecule has 0 radical (unpaired) electrons. The molecule has 0 fully saturated rings. The minimum Gasteiger partial charge on any atom is -0.350 e. The summed E-state index contributed by atoms with van der Waals surface area (Å²) in [4.78, 5) is 21.7. The first-order chi connectivity index (χ1) is 14.1. The topological polar surface area (TPSA) is 85.6 Å². The van der Waals surface area contributed by atoms with Crippen molar-refractivity contribution in [3.05, 3.63) is 69.5 Å². The van der Waals surface area contributed by atoms with Crippen molar-refractivity contribution in [2.75, 3.05) is 6.54 Å². The molecule has 1 aromatic carbocycles. The molecule has 1 aliphatic carbocycles. The van der Waals surface area contributed by atoms with Crippen molar-refractivity contribution in [1.29, 1.82) is 0 Å². The van der Waals surface area contributed by atoms with Gasteiger partial charge in [0.25, 0.3) is 5.91 Å². The normalized spacial score (nSPS) is 13.2. The van der Waals surface area contributed by atoms with Crippen molar-refractivity contribution in [3.63, 3.8) is 0 Å². The van der Waals surface area contributed by atoms with Gasteiger partial charge in [-0.3, -0.25) is 4.79 Å². The lowest BCUT2D eigenvalue weighted by atomic mass is 9.95. The Balaban J connectivity index is 1.33. The minimum atomic E-state index is -0.259. The number of carbonyl (C=O) groups is 1. The van der Waals surface area contributed by atoms with E-state index in [1.807, 2.05) is 31.2 Å². The van der Waals surface area contributed by atoms with Gasteiger partial charge in [0.2, 0.25) is 0 Å². The summed E-state index contributed by atoms with van der Waals surface area (Å²) in [5.41, 5.74) is 4.75.